The quantitative estimate of drug-likeness (QED) is 0.708. The van der Waals surface area contributed by atoms with E-state index in [4.69, 9.17) is 5.11 Å². The van der Waals surface area contributed by atoms with Gasteiger partial charge in [-0.15, -0.1) is 0 Å². The van der Waals surface area contributed by atoms with Crippen LogP contribution in [0.15, 0.2) is 48.5 Å². The Bertz CT molecular complexity index is 415. The number of benzene rings is 2. The summed E-state index contributed by atoms with van der Waals surface area (Å²) in [5.41, 5.74) is 1.88. The van der Waals surface area contributed by atoms with E-state index in [9.17, 15) is 5.11 Å². The Balaban J connectivity index is 0.000000165. The third kappa shape index (κ3) is 3.65. The van der Waals surface area contributed by atoms with Crippen LogP contribution in [-0.2, 0) is 0 Å². The molecule has 0 heterocycles. The fourth-order valence-electron chi connectivity index (χ4n) is 1.23. The molecular weight excluding hydrogens is 200 g/mol. The van der Waals surface area contributed by atoms with Gasteiger partial charge >= 0.3 is 0 Å². The first kappa shape index (κ1) is 12.1. The van der Waals surface area contributed by atoms with Gasteiger partial charge in [-0.1, -0.05) is 36.4 Å². The molecule has 2 aromatic rings. The van der Waals surface area contributed by atoms with Gasteiger partial charge in [0.15, 0.2) is 0 Å². The van der Waals surface area contributed by atoms with Crippen molar-refractivity contribution in [2.24, 2.45) is 0 Å². The first-order valence-corrected chi connectivity index (χ1v) is 5.10. The fourth-order valence-corrected chi connectivity index (χ4v) is 1.23. The van der Waals surface area contributed by atoms with Crippen LogP contribution in [0.4, 0.5) is 0 Å². The van der Waals surface area contributed by atoms with E-state index >= 15 is 0 Å². The molecule has 0 radical (unpaired) electrons. The molecule has 2 N–H and O–H groups in total. The summed E-state index contributed by atoms with van der Waals surface area (Å²) >= 11 is 0. The maximum Gasteiger partial charge on any atom is 0.121 e. The van der Waals surface area contributed by atoms with E-state index in [2.05, 4.69) is 0 Å². The minimum Gasteiger partial charge on any atom is -0.508 e. The number of aromatic hydroxyl groups is 2. The summed E-state index contributed by atoms with van der Waals surface area (Å²) in [6, 6.07) is 14.4. The SMILES string of the molecule is Cc1cccc(C)c1O.Oc1ccccc1. The van der Waals surface area contributed by atoms with Gasteiger partial charge in [-0.25, -0.2) is 0 Å². The average Bonchev–Trinajstić information content (AvgIpc) is 2.28. The standard InChI is InChI=1S/C8H10O.C6H6O/c1-6-4-3-5-7(2)8(6)9;7-6-4-2-1-3-5-6/h3-5,9H,1-2H3;1-5,7H. The van der Waals surface area contributed by atoms with Crippen molar-refractivity contribution in [1.82, 2.24) is 0 Å². The van der Waals surface area contributed by atoms with E-state index in [-0.39, 0.29) is 0 Å². The second-order valence-corrected chi connectivity index (χ2v) is 3.58. The Hall–Kier alpha value is -1.96. The highest BCUT2D eigenvalue weighted by molar-refractivity contribution is 5.37. The van der Waals surface area contributed by atoms with Crippen LogP contribution in [0.5, 0.6) is 11.5 Å². The summed E-state index contributed by atoms with van der Waals surface area (Å²) < 4.78 is 0. The van der Waals surface area contributed by atoms with Crippen LogP contribution in [0.25, 0.3) is 0 Å². The summed E-state index contributed by atoms with van der Waals surface area (Å²) in [6.07, 6.45) is 0. The first-order valence-electron chi connectivity index (χ1n) is 5.10. The van der Waals surface area contributed by atoms with Gasteiger partial charge in [0.25, 0.3) is 0 Å². The zero-order chi connectivity index (χ0) is 12.0. The molecule has 0 saturated carbocycles. The predicted octanol–water partition coefficient (Wildman–Crippen LogP) is 3.40. The van der Waals surface area contributed by atoms with Crippen molar-refractivity contribution in [3.63, 3.8) is 0 Å². The minimum absolute atomic E-state index is 0.322. The number of hydrogen-bond acceptors (Lipinski definition) is 2. The predicted molar refractivity (Wildman–Crippen MR) is 65.7 cm³/mol. The van der Waals surface area contributed by atoms with Gasteiger partial charge in [0.1, 0.15) is 11.5 Å². The molecule has 2 nitrogen and oxygen atoms in total. The third-order valence-electron chi connectivity index (χ3n) is 2.20. The molecule has 0 bridgehead atoms. The van der Waals surface area contributed by atoms with Crippen LogP contribution >= 0.6 is 0 Å². The summed E-state index contributed by atoms with van der Waals surface area (Å²) in [5, 5.41) is 17.8. The Morgan fingerprint density at radius 1 is 0.688 bits per heavy atom. The lowest BCUT2D eigenvalue weighted by Crippen LogP contribution is -1.76. The fraction of sp³-hybridized carbons (Fsp3) is 0.143. The Morgan fingerprint density at radius 3 is 1.50 bits per heavy atom. The number of aryl methyl sites for hydroxylation is 2. The minimum atomic E-state index is 0.322. The maximum absolute atomic E-state index is 9.21. The van der Waals surface area contributed by atoms with Crippen molar-refractivity contribution in [2.45, 2.75) is 13.8 Å². The summed E-state index contributed by atoms with van der Waals surface area (Å²) in [5.74, 6) is 0.736. The van der Waals surface area contributed by atoms with Gasteiger partial charge in [-0.05, 0) is 37.1 Å². The molecule has 0 aromatic heterocycles. The highest BCUT2D eigenvalue weighted by Gasteiger charge is 1.95. The van der Waals surface area contributed by atoms with Crippen molar-refractivity contribution in [3.8, 4) is 11.5 Å². The van der Waals surface area contributed by atoms with Gasteiger partial charge in [0.2, 0.25) is 0 Å². The molecule has 0 spiro atoms. The lowest BCUT2D eigenvalue weighted by molar-refractivity contribution is 0.467. The van der Waals surface area contributed by atoms with Crippen molar-refractivity contribution in [3.05, 3.63) is 59.7 Å². The van der Waals surface area contributed by atoms with E-state index in [0.717, 1.165) is 11.1 Å². The number of phenolic OH excluding ortho intramolecular Hbond substituents is 2. The molecule has 0 atom stereocenters. The van der Waals surface area contributed by atoms with Crippen LogP contribution in [0.2, 0.25) is 0 Å². The highest BCUT2D eigenvalue weighted by Crippen LogP contribution is 2.19. The zero-order valence-corrected chi connectivity index (χ0v) is 9.51. The molecule has 0 saturated heterocycles. The van der Waals surface area contributed by atoms with E-state index in [1.54, 1.807) is 24.3 Å². The Morgan fingerprint density at radius 2 is 1.19 bits per heavy atom. The molecule has 84 valence electrons. The van der Waals surface area contributed by atoms with E-state index in [0.29, 0.717) is 11.5 Å². The molecule has 0 fully saturated rings. The summed E-state index contributed by atoms with van der Waals surface area (Å²) in [6.45, 7) is 3.78. The largest absolute Gasteiger partial charge is 0.508 e. The maximum atomic E-state index is 9.21. The van der Waals surface area contributed by atoms with E-state index in [1.807, 2.05) is 38.1 Å². The molecule has 2 heteroatoms. The topological polar surface area (TPSA) is 40.5 Å². The normalized spacial score (nSPS) is 9.12. The molecular formula is C14H16O2. The van der Waals surface area contributed by atoms with Crippen molar-refractivity contribution in [1.29, 1.82) is 0 Å². The summed E-state index contributed by atoms with van der Waals surface area (Å²) in [7, 11) is 0. The van der Waals surface area contributed by atoms with Gasteiger partial charge in [0.05, 0.1) is 0 Å². The number of hydrogen-bond donors (Lipinski definition) is 2. The average molecular weight is 216 g/mol. The molecule has 0 aliphatic rings. The van der Waals surface area contributed by atoms with E-state index < -0.39 is 0 Å². The van der Waals surface area contributed by atoms with Crippen molar-refractivity contribution in [2.75, 3.05) is 0 Å². The molecule has 2 aromatic carbocycles. The first-order chi connectivity index (χ1) is 7.61. The van der Waals surface area contributed by atoms with Gasteiger partial charge < -0.3 is 10.2 Å². The molecule has 0 amide bonds. The molecule has 0 aliphatic carbocycles. The molecule has 2 rings (SSSR count). The van der Waals surface area contributed by atoms with Crippen LogP contribution in [0.1, 0.15) is 11.1 Å². The number of phenols is 2. The van der Waals surface area contributed by atoms with Gasteiger partial charge in [-0.2, -0.15) is 0 Å². The van der Waals surface area contributed by atoms with Crippen LogP contribution in [0.3, 0.4) is 0 Å². The van der Waals surface area contributed by atoms with Crippen molar-refractivity contribution < 1.29 is 10.2 Å². The molecule has 0 unspecified atom stereocenters. The summed E-state index contributed by atoms with van der Waals surface area (Å²) in [4.78, 5) is 0. The monoisotopic (exact) mass is 216 g/mol. The highest BCUT2D eigenvalue weighted by atomic mass is 16.3. The van der Waals surface area contributed by atoms with E-state index in [1.165, 1.54) is 0 Å². The Labute approximate surface area is 95.8 Å². The number of rotatable bonds is 0. The van der Waals surface area contributed by atoms with Crippen molar-refractivity contribution >= 4 is 0 Å². The number of para-hydroxylation sites is 2. The second kappa shape index (κ2) is 5.81. The van der Waals surface area contributed by atoms with Crippen LogP contribution in [-0.4, -0.2) is 10.2 Å². The lowest BCUT2D eigenvalue weighted by atomic mass is 10.1. The third-order valence-corrected chi connectivity index (χ3v) is 2.20. The van der Waals surface area contributed by atoms with Gasteiger partial charge in [0, 0.05) is 0 Å². The Kier molecular flexibility index (Phi) is 4.40. The van der Waals surface area contributed by atoms with Crippen LogP contribution < -0.4 is 0 Å². The molecule has 16 heavy (non-hydrogen) atoms. The van der Waals surface area contributed by atoms with Gasteiger partial charge in [-0.3, -0.25) is 0 Å². The second-order valence-electron chi connectivity index (χ2n) is 3.58. The molecule has 0 aliphatic heterocycles. The lowest BCUT2D eigenvalue weighted by Gasteiger charge is -1.99. The van der Waals surface area contributed by atoms with Crippen LogP contribution in [0, 0.1) is 13.8 Å². The zero-order valence-electron chi connectivity index (χ0n) is 9.51. The smallest absolute Gasteiger partial charge is 0.121 e.